The van der Waals surface area contributed by atoms with Crippen molar-refractivity contribution in [1.82, 2.24) is 4.90 Å². The summed E-state index contributed by atoms with van der Waals surface area (Å²) in [4.78, 5) is 14.5. The standard InChI is InChI=1S/C18H20BrNO3/c1-12(14-7-5-6-8-17(14)23-4)20(2)18(21)15-11-13(22-3)9-10-16(15)19/h5-12H,1-4H3. The minimum atomic E-state index is -0.128. The van der Waals surface area contributed by atoms with Crippen molar-refractivity contribution in [2.24, 2.45) is 0 Å². The van der Waals surface area contributed by atoms with Gasteiger partial charge in [-0.2, -0.15) is 0 Å². The molecule has 2 rings (SSSR count). The van der Waals surface area contributed by atoms with Gasteiger partial charge in [-0.15, -0.1) is 0 Å². The number of halogens is 1. The number of hydrogen-bond donors (Lipinski definition) is 0. The van der Waals surface area contributed by atoms with Crippen molar-refractivity contribution >= 4 is 21.8 Å². The van der Waals surface area contributed by atoms with E-state index in [9.17, 15) is 4.79 Å². The number of amides is 1. The Hall–Kier alpha value is -2.01. The first kappa shape index (κ1) is 17.3. The summed E-state index contributed by atoms with van der Waals surface area (Å²) in [5.74, 6) is 1.33. The third-order valence-electron chi connectivity index (χ3n) is 3.89. The molecule has 0 saturated carbocycles. The van der Waals surface area contributed by atoms with Crippen molar-refractivity contribution in [2.75, 3.05) is 21.3 Å². The average molecular weight is 378 g/mol. The molecule has 2 aromatic rings. The Kier molecular flexibility index (Phi) is 5.66. The zero-order chi connectivity index (χ0) is 17.0. The van der Waals surface area contributed by atoms with Crippen LogP contribution in [-0.2, 0) is 0 Å². The maximum absolute atomic E-state index is 12.8. The average Bonchev–Trinajstić information content (AvgIpc) is 2.60. The molecule has 0 aliphatic carbocycles. The van der Waals surface area contributed by atoms with Crippen LogP contribution in [-0.4, -0.2) is 32.1 Å². The lowest BCUT2D eigenvalue weighted by molar-refractivity contribution is 0.0740. The van der Waals surface area contributed by atoms with Crippen LogP contribution in [0.5, 0.6) is 11.5 Å². The molecule has 5 heteroatoms. The van der Waals surface area contributed by atoms with Gasteiger partial charge in [0, 0.05) is 17.1 Å². The number of nitrogens with zero attached hydrogens (tertiary/aromatic N) is 1. The van der Waals surface area contributed by atoms with Crippen molar-refractivity contribution < 1.29 is 14.3 Å². The van der Waals surface area contributed by atoms with Crippen LogP contribution in [0.15, 0.2) is 46.9 Å². The number of methoxy groups -OCH3 is 2. The van der Waals surface area contributed by atoms with Gasteiger partial charge in [-0.3, -0.25) is 4.79 Å². The summed E-state index contributed by atoms with van der Waals surface area (Å²) in [6.45, 7) is 1.98. The minimum Gasteiger partial charge on any atom is -0.497 e. The molecule has 0 aliphatic rings. The largest absolute Gasteiger partial charge is 0.497 e. The Morgan fingerprint density at radius 2 is 1.83 bits per heavy atom. The summed E-state index contributed by atoms with van der Waals surface area (Å²) >= 11 is 3.43. The molecule has 0 aromatic heterocycles. The molecule has 1 amide bonds. The van der Waals surface area contributed by atoms with Gasteiger partial charge < -0.3 is 14.4 Å². The number of rotatable bonds is 5. The molecule has 0 fully saturated rings. The molecule has 0 heterocycles. The lowest BCUT2D eigenvalue weighted by Gasteiger charge is -2.27. The van der Waals surface area contributed by atoms with Crippen molar-refractivity contribution in [2.45, 2.75) is 13.0 Å². The van der Waals surface area contributed by atoms with Crippen molar-refractivity contribution in [3.05, 3.63) is 58.1 Å². The normalized spacial score (nSPS) is 11.7. The second-order valence-corrected chi connectivity index (χ2v) is 6.03. The van der Waals surface area contributed by atoms with Crippen LogP contribution in [0.1, 0.15) is 28.9 Å². The molecule has 1 atom stereocenters. The van der Waals surface area contributed by atoms with Crippen LogP contribution in [0, 0.1) is 0 Å². The molecule has 0 radical (unpaired) electrons. The van der Waals surface area contributed by atoms with Gasteiger partial charge in [0.25, 0.3) is 5.91 Å². The van der Waals surface area contributed by atoms with Gasteiger partial charge in [0.05, 0.1) is 25.8 Å². The fourth-order valence-corrected chi connectivity index (χ4v) is 2.80. The van der Waals surface area contributed by atoms with Gasteiger partial charge in [-0.05, 0) is 47.1 Å². The van der Waals surface area contributed by atoms with E-state index in [-0.39, 0.29) is 11.9 Å². The molecular weight excluding hydrogens is 358 g/mol. The molecule has 0 bridgehead atoms. The zero-order valence-corrected chi connectivity index (χ0v) is 15.3. The fraction of sp³-hybridized carbons (Fsp3) is 0.278. The minimum absolute atomic E-state index is 0.0887. The predicted octanol–water partition coefficient (Wildman–Crippen LogP) is 4.30. The summed E-state index contributed by atoms with van der Waals surface area (Å²) in [5.41, 5.74) is 1.53. The highest BCUT2D eigenvalue weighted by Crippen LogP contribution is 2.31. The van der Waals surface area contributed by atoms with Crippen LogP contribution >= 0.6 is 15.9 Å². The monoisotopic (exact) mass is 377 g/mol. The lowest BCUT2D eigenvalue weighted by atomic mass is 10.0. The van der Waals surface area contributed by atoms with Crippen molar-refractivity contribution in [1.29, 1.82) is 0 Å². The van der Waals surface area contributed by atoms with Crippen LogP contribution in [0.2, 0.25) is 0 Å². The number of para-hydroxylation sites is 1. The number of hydrogen-bond acceptors (Lipinski definition) is 3. The third kappa shape index (κ3) is 3.67. The Balaban J connectivity index is 2.32. The number of carbonyl (C=O) groups excluding carboxylic acids is 1. The molecule has 4 nitrogen and oxygen atoms in total. The summed E-state index contributed by atoms with van der Waals surface area (Å²) in [7, 11) is 5.00. The maximum Gasteiger partial charge on any atom is 0.255 e. The van der Waals surface area contributed by atoms with E-state index in [1.54, 1.807) is 32.2 Å². The molecule has 1 unspecified atom stereocenters. The first-order valence-electron chi connectivity index (χ1n) is 7.23. The summed E-state index contributed by atoms with van der Waals surface area (Å²) in [6, 6.07) is 12.9. The van der Waals surface area contributed by atoms with Crippen LogP contribution < -0.4 is 9.47 Å². The molecule has 0 saturated heterocycles. The fourth-order valence-electron chi connectivity index (χ4n) is 2.38. The second kappa shape index (κ2) is 7.51. The highest BCUT2D eigenvalue weighted by atomic mass is 79.9. The van der Waals surface area contributed by atoms with Crippen LogP contribution in [0.4, 0.5) is 0 Å². The molecule has 0 aliphatic heterocycles. The first-order valence-corrected chi connectivity index (χ1v) is 8.02. The van der Waals surface area contributed by atoms with E-state index in [0.29, 0.717) is 11.3 Å². The summed E-state index contributed by atoms with van der Waals surface area (Å²) in [5, 5.41) is 0. The molecule has 23 heavy (non-hydrogen) atoms. The number of benzene rings is 2. The highest BCUT2D eigenvalue weighted by molar-refractivity contribution is 9.10. The SMILES string of the molecule is COc1ccc(Br)c(C(=O)N(C)C(C)c2ccccc2OC)c1. The topological polar surface area (TPSA) is 38.8 Å². The summed E-state index contributed by atoms with van der Waals surface area (Å²) < 4.78 is 11.3. The van der Waals surface area contributed by atoms with Gasteiger partial charge in [0.1, 0.15) is 11.5 Å². The number of carbonyl (C=O) groups is 1. The Morgan fingerprint density at radius 3 is 2.48 bits per heavy atom. The summed E-state index contributed by atoms with van der Waals surface area (Å²) in [6.07, 6.45) is 0. The molecule has 0 N–H and O–H groups in total. The van der Waals surface area contributed by atoms with Gasteiger partial charge in [-0.1, -0.05) is 18.2 Å². The third-order valence-corrected chi connectivity index (χ3v) is 4.59. The Labute approximate surface area is 145 Å². The Morgan fingerprint density at radius 1 is 1.13 bits per heavy atom. The van der Waals surface area contributed by atoms with E-state index < -0.39 is 0 Å². The molecule has 122 valence electrons. The Bertz CT molecular complexity index is 702. The van der Waals surface area contributed by atoms with E-state index in [1.807, 2.05) is 43.3 Å². The van der Waals surface area contributed by atoms with E-state index in [1.165, 1.54) is 0 Å². The zero-order valence-electron chi connectivity index (χ0n) is 13.7. The van der Waals surface area contributed by atoms with E-state index >= 15 is 0 Å². The van der Waals surface area contributed by atoms with Crippen LogP contribution in [0.3, 0.4) is 0 Å². The van der Waals surface area contributed by atoms with Gasteiger partial charge in [-0.25, -0.2) is 0 Å². The van der Waals surface area contributed by atoms with Crippen molar-refractivity contribution in [3.8, 4) is 11.5 Å². The quantitative estimate of drug-likeness (QED) is 0.779. The highest BCUT2D eigenvalue weighted by Gasteiger charge is 2.23. The maximum atomic E-state index is 12.8. The predicted molar refractivity (Wildman–Crippen MR) is 94.2 cm³/mol. The lowest BCUT2D eigenvalue weighted by Crippen LogP contribution is -2.30. The van der Waals surface area contributed by atoms with Crippen LogP contribution in [0.25, 0.3) is 0 Å². The smallest absolute Gasteiger partial charge is 0.255 e. The number of ether oxygens (including phenoxy) is 2. The molecular formula is C18H20BrNO3. The molecule has 2 aromatic carbocycles. The first-order chi connectivity index (χ1) is 11.0. The van der Waals surface area contributed by atoms with Crippen molar-refractivity contribution in [3.63, 3.8) is 0 Å². The van der Waals surface area contributed by atoms with E-state index in [4.69, 9.17) is 9.47 Å². The second-order valence-electron chi connectivity index (χ2n) is 5.18. The van der Waals surface area contributed by atoms with Gasteiger partial charge >= 0.3 is 0 Å². The van der Waals surface area contributed by atoms with E-state index in [0.717, 1.165) is 15.8 Å². The van der Waals surface area contributed by atoms with Gasteiger partial charge in [0.2, 0.25) is 0 Å². The van der Waals surface area contributed by atoms with E-state index in [2.05, 4.69) is 15.9 Å². The molecule has 0 spiro atoms. The van der Waals surface area contributed by atoms with Gasteiger partial charge in [0.15, 0.2) is 0 Å².